The highest BCUT2D eigenvalue weighted by Crippen LogP contribution is 2.28. The van der Waals surface area contributed by atoms with Crippen LogP contribution >= 0.6 is 23.1 Å². The molecule has 2 N–H and O–H groups in total. The summed E-state index contributed by atoms with van der Waals surface area (Å²) >= 11 is 2.80. The zero-order valence-corrected chi connectivity index (χ0v) is 16.0. The molecule has 1 aromatic carbocycles. The molecule has 136 valence electrons. The van der Waals surface area contributed by atoms with E-state index in [1.807, 2.05) is 35.7 Å². The van der Waals surface area contributed by atoms with Crippen LogP contribution < -0.4 is 5.73 Å². The number of carbonyl (C=O) groups excluding carboxylic acids is 1. The monoisotopic (exact) mass is 397 g/mol. The molecule has 0 aliphatic carbocycles. The second kappa shape index (κ2) is 7.45. The van der Waals surface area contributed by atoms with Crippen molar-refractivity contribution in [3.63, 3.8) is 0 Å². The molecule has 1 atom stereocenters. The van der Waals surface area contributed by atoms with Crippen LogP contribution in [0.3, 0.4) is 0 Å². The van der Waals surface area contributed by atoms with Gasteiger partial charge in [0.2, 0.25) is 17.6 Å². The summed E-state index contributed by atoms with van der Waals surface area (Å²) in [5.41, 5.74) is 6.78. The number of hydrogen-bond donors (Lipinski definition) is 1. The van der Waals surface area contributed by atoms with Gasteiger partial charge in [0.05, 0.1) is 17.4 Å². The molecule has 0 bridgehead atoms. The standard InChI is InChI=1S/C18H15N5O2S2/c1-10(16(19)24)27-18-21-12(9-26-18)8-14-22-17(23-25-14)15-13-5-3-2-4-11(13)6-7-20-15/h2-7,9-10H,8H2,1H3,(H2,19,24). The summed E-state index contributed by atoms with van der Waals surface area (Å²) in [4.78, 5) is 24.5. The van der Waals surface area contributed by atoms with E-state index in [1.54, 1.807) is 13.1 Å². The number of nitrogens with zero attached hydrogens (tertiary/aromatic N) is 4. The van der Waals surface area contributed by atoms with Crippen LogP contribution in [0.1, 0.15) is 18.5 Å². The van der Waals surface area contributed by atoms with Gasteiger partial charge in [-0.25, -0.2) is 4.98 Å². The van der Waals surface area contributed by atoms with E-state index >= 15 is 0 Å². The van der Waals surface area contributed by atoms with Gasteiger partial charge in [-0.1, -0.05) is 41.2 Å². The van der Waals surface area contributed by atoms with Crippen LogP contribution in [0, 0.1) is 0 Å². The molecule has 7 nitrogen and oxygen atoms in total. The zero-order valence-electron chi connectivity index (χ0n) is 14.3. The molecule has 0 radical (unpaired) electrons. The van der Waals surface area contributed by atoms with Crippen molar-refractivity contribution in [2.24, 2.45) is 5.73 Å². The third-order valence-electron chi connectivity index (χ3n) is 3.89. The summed E-state index contributed by atoms with van der Waals surface area (Å²) in [7, 11) is 0. The largest absolute Gasteiger partial charge is 0.369 e. The first-order valence-electron chi connectivity index (χ1n) is 8.17. The maximum Gasteiger partial charge on any atom is 0.233 e. The quantitative estimate of drug-likeness (QED) is 0.497. The van der Waals surface area contributed by atoms with E-state index in [0.717, 1.165) is 20.8 Å². The van der Waals surface area contributed by atoms with Gasteiger partial charge in [0.15, 0.2) is 4.34 Å². The summed E-state index contributed by atoms with van der Waals surface area (Å²) in [5.74, 6) is 0.555. The lowest BCUT2D eigenvalue weighted by Gasteiger charge is -2.02. The van der Waals surface area contributed by atoms with E-state index in [1.165, 1.54) is 23.1 Å². The number of aromatic nitrogens is 4. The molecular formula is C18H15N5O2S2. The molecule has 0 aliphatic heterocycles. The number of pyridine rings is 1. The van der Waals surface area contributed by atoms with Gasteiger partial charge in [0, 0.05) is 17.0 Å². The van der Waals surface area contributed by atoms with Crippen molar-refractivity contribution in [2.75, 3.05) is 0 Å². The van der Waals surface area contributed by atoms with Crippen LogP contribution in [0.4, 0.5) is 0 Å². The lowest BCUT2D eigenvalue weighted by molar-refractivity contribution is -0.117. The molecule has 0 spiro atoms. The van der Waals surface area contributed by atoms with Crippen molar-refractivity contribution in [2.45, 2.75) is 22.9 Å². The second-order valence-electron chi connectivity index (χ2n) is 5.84. The maximum absolute atomic E-state index is 11.2. The molecule has 4 aromatic rings. The fraction of sp³-hybridized carbons (Fsp3) is 0.167. The Balaban J connectivity index is 1.53. The fourth-order valence-corrected chi connectivity index (χ4v) is 4.44. The number of nitrogens with two attached hydrogens (primary N) is 1. The van der Waals surface area contributed by atoms with Gasteiger partial charge >= 0.3 is 0 Å². The first kappa shape index (κ1) is 17.6. The molecule has 0 aliphatic rings. The Morgan fingerprint density at radius 3 is 3.00 bits per heavy atom. The highest BCUT2D eigenvalue weighted by atomic mass is 32.2. The Hall–Kier alpha value is -2.78. The molecule has 0 saturated heterocycles. The van der Waals surface area contributed by atoms with Gasteiger partial charge in [-0.05, 0) is 18.4 Å². The lowest BCUT2D eigenvalue weighted by atomic mass is 10.1. The molecule has 3 aromatic heterocycles. The fourth-order valence-electron chi connectivity index (χ4n) is 2.51. The van der Waals surface area contributed by atoms with Crippen LogP contribution in [0.25, 0.3) is 22.3 Å². The minimum atomic E-state index is -0.360. The average molecular weight is 397 g/mol. The van der Waals surface area contributed by atoms with Crippen molar-refractivity contribution in [1.29, 1.82) is 0 Å². The number of amides is 1. The third kappa shape index (κ3) is 3.83. The van der Waals surface area contributed by atoms with E-state index in [2.05, 4.69) is 20.1 Å². The Kier molecular flexibility index (Phi) is 4.87. The Morgan fingerprint density at radius 1 is 1.30 bits per heavy atom. The predicted molar refractivity (Wildman–Crippen MR) is 104 cm³/mol. The van der Waals surface area contributed by atoms with E-state index in [-0.39, 0.29) is 11.2 Å². The van der Waals surface area contributed by atoms with Gasteiger partial charge in [-0.2, -0.15) is 4.98 Å². The Bertz CT molecular complexity index is 1100. The number of benzene rings is 1. The van der Waals surface area contributed by atoms with E-state index in [9.17, 15) is 4.79 Å². The summed E-state index contributed by atoms with van der Waals surface area (Å²) < 4.78 is 6.17. The van der Waals surface area contributed by atoms with Gasteiger partial charge in [-0.15, -0.1) is 11.3 Å². The molecule has 3 heterocycles. The second-order valence-corrected chi connectivity index (χ2v) is 8.28. The van der Waals surface area contributed by atoms with Crippen molar-refractivity contribution in [1.82, 2.24) is 20.1 Å². The Morgan fingerprint density at radius 2 is 2.15 bits per heavy atom. The highest BCUT2D eigenvalue weighted by molar-refractivity contribution is 8.02. The number of primary amides is 1. The first-order chi connectivity index (χ1) is 13.1. The lowest BCUT2D eigenvalue weighted by Crippen LogP contribution is -2.22. The van der Waals surface area contributed by atoms with E-state index < -0.39 is 0 Å². The van der Waals surface area contributed by atoms with Crippen LogP contribution in [0.15, 0.2) is 50.8 Å². The minimum Gasteiger partial charge on any atom is -0.369 e. The first-order valence-corrected chi connectivity index (χ1v) is 9.93. The van der Waals surface area contributed by atoms with Crippen LogP contribution in [-0.4, -0.2) is 31.3 Å². The molecule has 0 saturated carbocycles. The number of carbonyl (C=O) groups is 1. The van der Waals surface area contributed by atoms with Gasteiger partial charge in [0.25, 0.3) is 0 Å². The molecule has 1 unspecified atom stereocenters. The summed E-state index contributed by atoms with van der Waals surface area (Å²) in [6, 6.07) is 9.88. The molecule has 1 amide bonds. The van der Waals surface area contributed by atoms with Crippen molar-refractivity contribution in [3.8, 4) is 11.5 Å². The van der Waals surface area contributed by atoms with Crippen LogP contribution in [0.2, 0.25) is 0 Å². The normalized spacial score (nSPS) is 12.3. The summed E-state index contributed by atoms with van der Waals surface area (Å²) in [6.45, 7) is 1.76. The number of thiazole rings is 1. The summed E-state index contributed by atoms with van der Waals surface area (Å²) in [5, 5.41) is 7.70. The molecule has 4 rings (SSSR count). The highest BCUT2D eigenvalue weighted by Gasteiger charge is 2.16. The molecule has 0 fully saturated rings. The van der Waals surface area contributed by atoms with Gasteiger partial charge < -0.3 is 10.3 Å². The predicted octanol–water partition coefficient (Wildman–Crippen LogP) is 3.30. The van der Waals surface area contributed by atoms with Gasteiger partial charge in [-0.3, -0.25) is 9.78 Å². The van der Waals surface area contributed by atoms with Crippen molar-refractivity contribution in [3.05, 3.63) is 53.5 Å². The van der Waals surface area contributed by atoms with Crippen LogP contribution in [-0.2, 0) is 11.2 Å². The Labute approximate surface area is 163 Å². The zero-order chi connectivity index (χ0) is 18.8. The maximum atomic E-state index is 11.2. The van der Waals surface area contributed by atoms with E-state index in [4.69, 9.17) is 10.3 Å². The number of rotatable bonds is 6. The van der Waals surface area contributed by atoms with Gasteiger partial charge in [0.1, 0.15) is 5.69 Å². The smallest absolute Gasteiger partial charge is 0.233 e. The molecular weight excluding hydrogens is 382 g/mol. The van der Waals surface area contributed by atoms with Crippen molar-refractivity contribution >= 4 is 39.8 Å². The van der Waals surface area contributed by atoms with Crippen LogP contribution in [0.5, 0.6) is 0 Å². The number of fused-ring (bicyclic) bond motifs is 1. The SMILES string of the molecule is CC(Sc1nc(Cc2nc(-c3nccc4ccccc34)no2)cs1)C(N)=O. The third-order valence-corrected chi connectivity index (χ3v) is 6.03. The minimum absolute atomic E-state index is 0.323. The molecule has 27 heavy (non-hydrogen) atoms. The van der Waals surface area contributed by atoms with Crippen molar-refractivity contribution < 1.29 is 9.32 Å². The number of hydrogen-bond acceptors (Lipinski definition) is 8. The molecule has 9 heteroatoms. The topological polar surface area (TPSA) is 108 Å². The summed E-state index contributed by atoms with van der Waals surface area (Å²) in [6.07, 6.45) is 2.15. The number of thioether (sulfide) groups is 1. The van der Waals surface area contributed by atoms with E-state index in [0.29, 0.717) is 23.8 Å². The average Bonchev–Trinajstić information content (AvgIpc) is 3.31.